The number of amides is 1. The smallest absolute Gasteiger partial charge is 0.366 e. The van der Waals surface area contributed by atoms with E-state index in [-0.39, 0.29) is 19.6 Å². The molecule has 1 unspecified atom stereocenters. The lowest BCUT2D eigenvalue weighted by Crippen LogP contribution is -2.45. The van der Waals surface area contributed by atoms with Crippen molar-refractivity contribution in [2.75, 3.05) is 6.61 Å². The van der Waals surface area contributed by atoms with Crippen molar-refractivity contribution < 1.29 is 23.1 Å². The van der Waals surface area contributed by atoms with Gasteiger partial charge >= 0.3 is 5.97 Å². The zero-order valence-corrected chi connectivity index (χ0v) is 11.8. The highest BCUT2D eigenvalue weighted by atomic mass is 19.1. The SMILES string of the molecule is C=C(F)C(=O)OCC1CC=C(F)C(=O)N1Cc1ccccc1. The van der Waals surface area contributed by atoms with Gasteiger partial charge in [0.15, 0.2) is 5.83 Å². The molecule has 0 spiro atoms. The average molecular weight is 307 g/mol. The molecule has 1 heterocycles. The molecule has 0 fully saturated rings. The maximum Gasteiger partial charge on any atom is 0.366 e. The number of benzene rings is 1. The number of hydrogen-bond donors (Lipinski definition) is 0. The molecule has 1 aliphatic heterocycles. The number of nitrogens with zero attached hydrogens (tertiary/aromatic N) is 1. The number of carbonyl (C=O) groups is 2. The fourth-order valence-corrected chi connectivity index (χ4v) is 2.15. The molecule has 0 aliphatic carbocycles. The van der Waals surface area contributed by atoms with Crippen LogP contribution in [0.3, 0.4) is 0 Å². The van der Waals surface area contributed by atoms with Crippen LogP contribution in [0.15, 0.2) is 54.6 Å². The molecule has 0 saturated heterocycles. The Balaban J connectivity index is 2.10. The van der Waals surface area contributed by atoms with Gasteiger partial charge in [0.1, 0.15) is 6.61 Å². The van der Waals surface area contributed by atoms with Crippen LogP contribution >= 0.6 is 0 Å². The predicted octanol–water partition coefficient (Wildman–Crippen LogP) is 2.67. The Bertz CT molecular complexity index is 613. The average Bonchev–Trinajstić information content (AvgIpc) is 2.51. The molecule has 2 rings (SSSR count). The summed E-state index contributed by atoms with van der Waals surface area (Å²) in [6.45, 7) is 2.80. The second-order valence-corrected chi connectivity index (χ2v) is 4.86. The van der Waals surface area contributed by atoms with Crippen molar-refractivity contribution in [2.24, 2.45) is 0 Å². The lowest BCUT2D eigenvalue weighted by atomic mass is 10.1. The third kappa shape index (κ3) is 3.78. The zero-order valence-electron chi connectivity index (χ0n) is 11.8. The third-order valence-corrected chi connectivity index (χ3v) is 3.30. The minimum atomic E-state index is -1.21. The van der Waals surface area contributed by atoms with Gasteiger partial charge in [-0.25, -0.2) is 9.18 Å². The van der Waals surface area contributed by atoms with Crippen molar-refractivity contribution in [2.45, 2.75) is 19.0 Å². The maximum absolute atomic E-state index is 13.5. The fraction of sp³-hybridized carbons (Fsp3) is 0.250. The molecule has 0 N–H and O–H groups in total. The third-order valence-electron chi connectivity index (χ3n) is 3.30. The van der Waals surface area contributed by atoms with E-state index in [1.807, 2.05) is 6.07 Å². The minimum Gasteiger partial charge on any atom is -0.458 e. The van der Waals surface area contributed by atoms with Crippen LogP contribution < -0.4 is 0 Å². The van der Waals surface area contributed by atoms with Crippen LogP contribution in [0.4, 0.5) is 8.78 Å². The highest BCUT2D eigenvalue weighted by Gasteiger charge is 2.31. The summed E-state index contributed by atoms with van der Waals surface area (Å²) in [7, 11) is 0. The second kappa shape index (κ2) is 6.98. The fourth-order valence-electron chi connectivity index (χ4n) is 2.15. The van der Waals surface area contributed by atoms with Crippen molar-refractivity contribution in [3.8, 4) is 0 Å². The predicted molar refractivity (Wildman–Crippen MR) is 75.8 cm³/mol. The van der Waals surface area contributed by atoms with Crippen molar-refractivity contribution in [3.63, 3.8) is 0 Å². The van der Waals surface area contributed by atoms with Crippen LogP contribution in [0.25, 0.3) is 0 Å². The Morgan fingerprint density at radius 3 is 2.68 bits per heavy atom. The molecular weight excluding hydrogens is 292 g/mol. The zero-order chi connectivity index (χ0) is 16.1. The summed E-state index contributed by atoms with van der Waals surface area (Å²) in [6, 6.07) is 8.49. The summed E-state index contributed by atoms with van der Waals surface area (Å²) >= 11 is 0. The van der Waals surface area contributed by atoms with Gasteiger partial charge < -0.3 is 9.64 Å². The molecule has 22 heavy (non-hydrogen) atoms. The largest absolute Gasteiger partial charge is 0.458 e. The van der Waals surface area contributed by atoms with Gasteiger partial charge in [-0.3, -0.25) is 4.79 Å². The van der Waals surface area contributed by atoms with E-state index in [0.717, 1.165) is 11.6 Å². The van der Waals surface area contributed by atoms with Gasteiger partial charge in [-0.2, -0.15) is 4.39 Å². The van der Waals surface area contributed by atoms with E-state index in [0.29, 0.717) is 0 Å². The molecule has 116 valence electrons. The summed E-state index contributed by atoms with van der Waals surface area (Å²) in [6.07, 6.45) is 1.34. The van der Waals surface area contributed by atoms with Gasteiger partial charge in [-0.05, 0) is 18.1 Å². The van der Waals surface area contributed by atoms with Crippen LogP contribution in [0.1, 0.15) is 12.0 Å². The maximum atomic E-state index is 13.5. The Morgan fingerprint density at radius 1 is 1.36 bits per heavy atom. The molecule has 6 heteroatoms. The topological polar surface area (TPSA) is 46.6 Å². The van der Waals surface area contributed by atoms with Crippen LogP contribution in [0.5, 0.6) is 0 Å². The van der Waals surface area contributed by atoms with Gasteiger partial charge in [-0.15, -0.1) is 0 Å². The molecule has 1 aliphatic rings. The highest BCUT2D eigenvalue weighted by Crippen LogP contribution is 2.22. The molecule has 0 radical (unpaired) electrons. The molecule has 0 aromatic heterocycles. The lowest BCUT2D eigenvalue weighted by Gasteiger charge is -2.33. The lowest BCUT2D eigenvalue weighted by molar-refractivity contribution is -0.146. The monoisotopic (exact) mass is 307 g/mol. The summed E-state index contributed by atoms with van der Waals surface area (Å²) in [5, 5.41) is 0. The first kappa shape index (κ1) is 15.9. The van der Waals surface area contributed by atoms with Crippen LogP contribution in [0, 0.1) is 0 Å². The Morgan fingerprint density at radius 2 is 2.05 bits per heavy atom. The highest BCUT2D eigenvalue weighted by molar-refractivity contribution is 5.92. The van der Waals surface area contributed by atoms with Gasteiger partial charge in [-0.1, -0.05) is 36.9 Å². The summed E-state index contributed by atoms with van der Waals surface area (Å²) in [5.41, 5.74) is 0.816. The standard InChI is InChI=1S/C16H15F2NO3/c1-11(17)16(21)22-10-13-7-8-14(18)15(20)19(13)9-12-5-3-2-4-6-12/h2-6,8,13H,1,7,9-10H2. The Kier molecular flexibility index (Phi) is 5.04. The summed E-state index contributed by atoms with van der Waals surface area (Å²) < 4.78 is 30.9. The van der Waals surface area contributed by atoms with Crippen molar-refractivity contribution in [3.05, 3.63) is 60.2 Å². The first-order valence-corrected chi connectivity index (χ1v) is 6.71. The van der Waals surface area contributed by atoms with E-state index >= 15 is 0 Å². The van der Waals surface area contributed by atoms with Crippen LogP contribution in [-0.4, -0.2) is 29.4 Å². The normalized spacial score (nSPS) is 17.9. The molecule has 0 bridgehead atoms. The van der Waals surface area contributed by atoms with E-state index in [9.17, 15) is 18.4 Å². The molecule has 1 aromatic rings. The summed E-state index contributed by atoms with van der Waals surface area (Å²) in [4.78, 5) is 24.4. The number of halogens is 2. The van der Waals surface area contributed by atoms with Gasteiger partial charge in [0.2, 0.25) is 5.83 Å². The first-order valence-electron chi connectivity index (χ1n) is 6.71. The first-order chi connectivity index (χ1) is 10.5. The van der Waals surface area contributed by atoms with Gasteiger partial charge in [0.05, 0.1) is 6.04 Å². The summed E-state index contributed by atoms with van der Waals surface area (Å²) in [5.74, 6) is -4.00. The quantitative estimate of drug-likeness (QED) is 0.620. The van der Waals surface area contributed by atoms with Crippen LogP contribution in [-0.2, 0) is 20.9 Å². The number of esters is 1. The number of ether oxygens (including phenoxy) is 1. The molecular formula is C16H15F2NO3. The Labute approximate surface area is 126 Å². The minimum absolute atomic E-state index is 0.180. The second-order valence-electron chi connectivity index (χ2n) is 4.86. The van der Waals surface area contributed by atoms with E-state index in [1.54, 1.807) is 24.3 Å². The number of carbonyl (C=O) groups excluding carboxylic acids is 2. The van der Waals surface area contributed by atoms with E-state index < -0.39 is 29.6 Å². The number of rotatable bonds is 5. The van der Waals surface area contributed by atoms with Crippen LogP contribution in [0.2, 0.25) is 0 Å². The van der Waals surface area contributed by atoms with Crippen molar-refractivity contribution in [1.82, 2.24) is 4.90 Å². The molecule has 1 atom stereocenters. The number of hydrogen-bond acceptors (Lipinski definition) is 3. The molecule has 4 nitrogen and oxygen atoms in total. The van der Waals surface area contributed by atoms with Gasteiger partial charge in [0, 0.05) is 6.54 Å². The van der Waals surface area contributed by atoms with Crippen molar-refractivity contribution in [1.29, 1.82) is 0 Å². The van der Waals surface area contributed by atoms with Crippen molar-refractivity contribution >= 4 is 11.9 Å². The van der Waals surface area contributed by atoms with E-state index in [1.165, 1.54) is 4.90 Å². The van der Waals surface area contributed by atoms with Gasteiger partial charge in [0.25, 0.3) is 5.91 Å². The van der Waals surface area contributed by atoms with E-state index in [2.05, 4.69) is 6.58 Å². The molecule has 0 saturated carbocycles. The Hall–Kier alpha value is -2.50. The molecule has 1 amide bonds. The molecule has 1 aromatic carbocycles. The van der Waals surface area contributed by atoms with E-state index in [4.69, 9.17) is 4.74 Å².